The molecule has 1 aromatic heterocycles. The van der Waals surface area contributed by atoms with Gasteiger partial charge in [0.1, 0.15) is 11.0 Å². The van der Waals surface area contributed by atoms with Gasteiger partial charge in [0.05, 0.1) is 0 Å². The third-order valence-electron chi connectivity index (χ3n) is 3.95. The van der Waals surface area contributed by atoms with Crippen LogP contribution < -0.4 is 10.5 Å². The quantitative estimate of drug-likeness (QED) is 0.847. The summed E-state index contributed by atoms with van der Waals surface area (Å²) < 4.78 is 27.6. The Morgan fingerprint density at radius 2 is 2.14 bits per heavy atom. The SMILES string of the molecule is N#Cc1ncccc1S(=O)(=O)NC(CN)C1CCCCC1. The first-order chi connectivity index (χ1) is 10.1. The lowest BCUT2D eigenvalue weighted by molar-refractivity contribution is 0.294. The molecule has 0 aliphatic heterocycles. The van der Waals surface area contributed by atoms with Crippen LogP contribution in [0.3, 0.4) is 0 Å². The lowest BCUT2D eigenvalue weighted by Gasteiger charge is -2.29. The molecule has 0 aromatic carbocycles. The van der Waals surface area contributed by atoms with Crippen molar-refractivity contribution >= 4 is 10.0 Å². The Bertz CT molecular complexity index is 618. The smallest absolute Gasteiger partial charge is 0.243 e. The number of hydrogen-bond donors (Lipinski definition) is 2. The van der Waals surface area contributed by atoms with Crippen molar-refractivity contribution in [1.82, 2.24) is 9.71 Å². The number of aromatic nitrogens is 1. The van der Waals surface area contributed by atoms with Gasteiger partial charge in [-0.3, -0.25) is 0 Å². The maximum Gasteiger partial charge on any atom is 0.243 e. The molecule has 0 bridgehead atoms. The zero-order chi connectivity index (χ0) is 15.3. The second-order valence-electron chi connectivity index (χ2n) is 5.32. The summed E-state index contributed by atoms with van der Waals surface area (Å²) in [6.07, 6.45) is 6.80. The molecular formula is C14H20N4O2S. The van der Waals surface area contributed by atoms with Crippen molar-refractivity contribution in [2.45, 2.75) is 43.0 Å². The Hall–Kier alpha value is -1.49. The molecule has 1 fully saturated rings. The van der Waals surface area contributed by atoms with E-state index in [-0.39, 0.29) is 29.1 Å². The molecule has 0 amide bonds. The number of sulfonamides is 1. The highest BCUT2D eigenvalue weighted by Gasteiger charge is 2.28. The molecule has 0 saturated heterocycles. The van der Waals surface area contributed by atoms with Crippen molar-refractivity contribution in [1.29, 1.82) is 5.26 Å². The summed E-state index contributed by atoms with van der Waals surface area (Å²) in [5, 5.41) is 8.99. The molecule has 2 rings (SSSR count). The molecule has 1 aliphatic rings. The number of pyridine rings is 1. The predicted octanol–water partition coefficient (Wildman–Crippen LogP) is 1.14. The fourth-order valence-corrected chi connectivity index (χ4v) is 4.25. The molecule has 1 aliphatic carbocycles. The lowest BCUT2D eigenvalue weighted by Crippen LogP contribution is -2.46. The Labute approximate surface area is 125 Å². The summed E-state index contributed by atoms with van der Waals surface area (Å²) >= 11 is 0. The van der Waals surface area contributed by atoms with Crippen LogP contribution in [-0.2, 0) is 10.0 Å². The molecule has 114 valence electrons. The standard InChI is InChI=1S/C14H20N4O2S/c15-9-12(11-5-2-1-3-6-11)18-21(19,20)14-7-4-8-17-13(14)10-16/h4,7-8,11-12,18H,1-3,5-6,9,15H2. The third-order valence-corrected chi connectivity index (χ3v) is 5.47. The molecule has 1 unspecified atom stereocenters. The van der Waals surface area contributed by atoms with Gasteiger partial charge in [0.15, 0.2) is 5.69 Å². The molecule has 0 radical (unpaired) electrons. The van der Waals surface area contributed by atoms with E-state index in [1.54, 1.807) is 0 Å². The minimum absolute atomic E-state index is 0.0817. The van der Waals surface area contributed by atoms with Crippen LogP contribution in [0.4, 0.5) is 0 Å². The van der Waals surface area contributed by atoms with E-state index < -0.39 is 10.0 Å². The maximum absolute atomic E-state index is 12.5. The van der Waals surface area contributed by atoms with Gasteiger partial charge in [0, 0.05) is 18.8 Å². The van der Waals surface area contributed by atoms with E-state index in [0.717, 1.165) is 25.7 Å². The average molecular weight is 308 g/mol. The minimum atomic E-state index is -3.78. The Kier molecular flexibility index (Phi) is 5.28. The minimum Gasteiger partial charge on any atom is -0.329 e. The van der Waals surface area contributed by atoms with E-state index in [9.17, 15) is 8.42 Å². The lowest BCUT2D eigenvalue weighted by atomic mass is 9.84. The summed E-state index contributed by atoms with van der Waals surface area (Å²) in [6.45, 7) is 0.256. The van der Waals surface area contributed by atoms with Crippen molar-refractivity contribution in [2.75, 3.05) is 6.54 Å². The molecular weight excluding hydrogens is 288 g/mol. The van der Waals surface area contributed by atoms with E-state index in [1.165, 1.54) is 24.8 Å². The number of nitriles is 1. The van der Waals surface area contributed by atoms with Gasteiger partial charge in [0.2, 0.25) is 10.0 Å². The number of nitrogens with one attached hydrogen (secondary N) is 1. The average Bonchev–Trinajstić information content (AvgIpc) is 2.53. The molecule has 0 spiro atoms. The molecule has 21 heavy (non-hydrogen) atoms. The van der Waals surface area contributed by atoms with Crippen molar-refractivity contribution < 1.29 is 8.42 Å². The zero-order valence-electron chi connectivity index (χ0n) is 11.8. The fourth-order valence-electron chi connectivity index (χ4n) is 2.83. The summed E-state index contributed by atoms with van der Waals surface area (Å²) in [5.74, 6) is 0.265. The summed E-state index contributed by atoms with van der Waals surface area (Å²) in [4.78, 5) is 3.72. The first kappa shape index (κ1) is 15.9. The second-order valence-corrected chi connectivity index (χ2v) is 7.01. The van der Waals surface area contributed by atoms with E-state index >= 15 is 0 Å². The van der Waals surface area contributed by atoms with Gasteiger partial charge in [-0.15, -0.1) is 0 Å². The third kappa shape index (κ3) is 3.79. The number of hydrogen-bond acceptors (Lipinski definition) is 5. The monoisotopic (exact) mass is 308 g/mol. The van der Waals surface area contributed by atoms with Crippen LogP contribution in [0.5, 0.6) is 0 Å². The first-order valence-electron chi connectivity index (χ1n) is 7.16. The van der Waals surface area contributed by atoms with Gasteiger partial charge in [0.25, 0.3) is 0 Å². The van der Waals surface area contributed by atoms with Crippen molar-refractivity contribution in [3.05, 3.63) is 24.0 Å². The highest BCUT2D eigenvalue weighted by atomic mass is 32.2. The Balaban J connectivity index is 2.21. The van der Waals surface area contributed by atoms with Gasteiger partial charge in [-0.2, -0.15) is 5.26 Å². The van der Waals surface area contributed by atoms with Crippen LogP contribution in [-0.4, -0.2) is 26.0 Å². The number of nitrogens with zero attached hydrogens (tertiary/aromatic N) is 2. The predicted molar refractivity (Wildman–Crippen MR) is 78.7 cm³/mol. The largest absolute Gasteiger partial charge is 0.329 e. The van der Waals surface area contributed by atoms with Crippen molar-refractivity contribution in [3.63, 3.8) is 0 Å². The normalized spacial score (nSPS) is 18.1. The van der Waals surface area contributed by atoms with E-state index in [1.807, 2.05) is 6.07 Å². The van der Waals surface area contributed by atoms with Crippen LogP contribution in [0, 0.1) is 17.2 Å². The van der Waals surface area contributed by atoms with Crippen LogP contribution in [0.25, 0.3) is 0 Å². The van der Waals surface area contributed by atoms with Gasteiger partial charge in [-0.1, -0.05) is 19.3 Å². The van der Waals surface area contributed by atoms with Gasteiger partial charge in [-0.05, 0) is 30.9 Å². The highest BCUT2D eigenvalue weighted by molar-refractivity contribution is 7.89. The first-order valence-corrected chi connectivity index (χ1v) is 8.64. The maximum atomic E-state index is 12.5. The van der Waals surface area contributed by atoms with Crippen LogP contribution in [0.15, 0.2) is 23.2 Å². The molecule has 1 saturated carbocycles. The number of rotatable bonds is 5. The van der Waals surface area contributed by atoms with E-state index in [4.69, 9.17) is 11.0 Å². The summed E-state index contributed by atoms with van der Waals surface area (Å²) in [5.41, 5.74) is 5.66. The van der Waals surface area contributed by atoms with E-state index in [2.05, 4.69) is 9.71 Å². The zero-order valence-corrected chi connectivity index (χ0v) is 12.6. The summed E-state index contributed by atoms with van der Waals surface area (Å²) in [6, 6.07) is 4.42. The topological polar surface area (TPSA) is 109 Å². The molecule has 1 aromatic rings. The van der Waals surface area contributed by atoms with Crippen LogP contribution in [0.2, 0.25) is 0 Å². The van der Waals surface area contributed by atoms with Gasteiger partial charge >= 0.3 is 0 Å². The second kappa shape index (κ2) is 6.98. The van der Waals surface area contributed by atoms with Crippen molar-refractivity contribution in [2.24, 2.45) is 11.7 Å². The van der Waals surface area contributed by atoms with Crippen LogP contribution >= 0.6 is 0 Å². The number of nitrogens with two attached hydrogens (primary N) is 1. The van der Waals surface area contributed by atoms with Crippen LogP contribution in [0.1, 0.15) is 37.8 Å². The fraction of sp³-hybridized carbons (Fsp3) is 0.571. The van der Waals surface area contributed by atoms with E-state index in [0.29, 0.717) is 0 Å². The van der Waals surface area contributed by atoms with Crippen molar-refractivity contribution in [3.8, 4) is 6.07 Å². The molecule has 6 nitrogen and oxygen atoms in total. The molecule has 3 N–H and O–H groups in total. The Morgan fingerprint density at radius 1 is 1.43 bits per heavy atom. The molecule has 7 heteroatoms. The summed E-state index contributed by atoms with van der Waals surface area (Å²) in [7, 11) is -3.78. The molecule has 1 atom stereocenters. The highest BCUT2D eigenvalue weighted by Crippen LogP contribution is 2.27. The van der Waals surface area contributed by atoms with Gasteiger partial charge in [-0.25, -0.2) is 18.1 Å². The Morgan fingerprint density at radius 3 is 2.76 bits per heavy atom. The molecule has 1 heterocycles. The van der Waals surface area contributed by atoms with Gasteiger partial charge < -0.3 is 5.73 Å².